The first-order valence-electron chi connectivity index (χ1n) is 12.1. The van der Waals surface area contributed by atoms with Gasteiger partial charge in [-0.1, -0.05) is 12.1 Å². The molecule has 0 bridgehead atoms. The highest BCUT2D eigenvalue weighted by Gasteiger charge is 2.23. The topological polar surface area (TPSA) is 57.2 Å². The first-order valence-corrected chi connectivity index (χ1v) is 12.1. The number of carbonyl (C=O) groups is 1. The zero-order valence-corrected chi connectivity index (χ0v) is 21.4. The standard InChI is InChI=1S/C29H31F2NO5/c1-29(2,3)37-28(33)19-7-5-8-20(15-19)32(17-23-24(30)9-6-10-25(23)31)21-11-12-26(34-4)27(16-21)36-22-13-14-35-18-22/h5-12,15-16,22H,13-14,17-18H2,1-4H3/t22-/m1/s1. The van der Waals surface area contributed by atoms with Crippen molar-refractivity contribution in [3.63, 3.8) is 0 Å². The van der Waals surface area contributed by atoms with E-state index in [9.17, 15) is 13.6 Å². The highest BCUT2D eigenvalue weighted by atomic mass is 19.1. The van der Waals surface area contributed by atoms with Crippen molar-refractivity contribution in [3.05, 3.63) is 83.4 Å². The number of halogens is 2. The Morgan fingerprint density at radius 2 is 1.70 bits per heavy atom. The highest BCUT2D eigenvalue weighted by Crippen LogP contribution is 2.37. The molecule has 1 saturated heterocycles. The van der Waals surface area contributed by atoms with Crippen LogP contribution in [-0.4, -0.2) is 38.0 Å². The van der Waals surface area contributed by atoms with E-state index in [-0.39, 0.29) is 18.2 Å². The molecule has 1 aliphatic rings. The van der Waals surface area contributed by atoms with Crippen molar-refractivity contribution in [3.8, 4) is 11.5 Å². The molecular formula is C29H31F2NO5. The van der Waals surface area contributed by atoms with Gasteiger partial charge in [-0.05, 0) is 63.2 Å². The smallest absolute Gasteiger partial charge is 0.338 e. The Bertz CT molecular complexity index is 1230. The van der Waals surface area contributed by atoms with Crippen LogP contribution in [0.15, 0.2) is 60.7 Å². The largest absolute Gasteiger partial charge is 0.493 e. The lowest BCUT2D eigenvalue weighted by Gasteiger charge is -2.27. The monoisotopic (exact) mass is 511 g/mol. The van der Waals surface area contributed by atoms with Gasteiger partial charge in [-0.3, -0.25) is 0 Å². The second-order valence-corrected chi connectivity index (χ2v) is 9.78. The third-order valence-corrected chi connectivity index (χ3v) is 5.81. The van der Waals surface area contributed by atoms with Gasteiger partial charge in [0.15, 0.2) is 11.5 Å². The minimum absolute atomic E-state index is 0.104. The number of benzene rings is 3. The van der Waals surface area contributed by atoms with Crippen LogP contribution in [0.2, 0.25) is 0 Å². The van der Waals surface area contributed by atoms with E-state index in [1.807, 2.05) is 0 Å². The second-order valence-electron chi connectivity index (χ2n) is 9.78. The molecule has 1 atom stereocenters. The Labute approximate surface area is 215 Å². The van der Waals surface area contributed by atoms with Crippen molar-refractivity contribution < 1.29 is 32.5 Å². The Morgan fingerprint density at radius 3 is 2.35 bits per heavy atom. The second kappa shape index (κ2) is 11.2. The molecule has 8 heteroatoms. The summed E-state index contributed by atoms with van der Waals surface area (Å²) in [6, 6.07) is 15.8. The summed E-state index contributed by atoms with van der Waals surface area (Å²) in [4.78, 5) is 14.5. The summed E-state index contributed by atoms with van der Waals surface area (Å²) < 4.78 is 52.0. The molecule has 0 radical (unpaired) electrons. The molecule has 3 aromatic rings. The van der Waals surface area contributed by atoms with E-state index in [1.54, 1.807) is 75.2 Å². The zero-order valence-electron chi connectivity index (χ0n) is 21.4. The van der Waals surface area contributed by atoms with Crippen LogP contribution in [0.4, 0.5) is 20.2 Å². The van der Waals surface area contributed by atoms with Gasteiger partial charge in [-0.2, -0.15) is 0 Å². The third-order valence-electron chi connectivity index (χ3n) is 5.81. The number of esters is 1. The summed E-state index contributed by atoms with van der Waals surface area (Å²) in [6.45, 7) is 6.32. The van der Waals surface area contributed by atoms with Crippen molar-refractivity contribution in [1.29, 1.82) is 0 Å². The lowest BCUT2D eigenvalue weighted by Crippen LogP contribution is -2.24. The number of carbonyl (C=O) groups excluding carboxylic acids is 1. The molecule has 1 heterocycles. The molecule has 0 aromatic heterocycles. The van der Waals surface area contributed by atoms with Crippen LogP contribution in [0.3, 0.4) is 0 Å². The summed E-state index contributed by atoms with van der Waals surface area (Å²) in [5, 5.41) is 0. The van der Waals surface area contributed by atoms with Gasteiger partial charge in [-0.25, -0.2) is 13.6 Å². The number of hydrogen-bond donors (Lipinski definition) is 0. The maximum Gasteiger partial charge on any atom is 0.338 e. The fourth-order valence-electron chi connectivity index (χ4n) is 4.02. The molecule has 37 heavy (non-hydrogen) atoms. The van der Waals surface area contributed by atoms with Crippen molar-refractivity contribution in [1.82, 2.24) is 0 Å². The van der Waals surface area contributed by atoms with Crippen LogP contribution in [0.25, 0.3) is 0 Å². The molecule has 0 saturated carbocycles. The minimum atomic E-state index is -0.671. The molecule has 1 fully saturated rings. The van der Waals surface area contributed by atoms with E-state index in [2.05, 4.69) is 0 Å². The average molecular weight is 512 g/mol. The number of rotatable bonds is 8. The van der Waals surface area contributed by atoms with E-state index in [0.29, 0.717) is 41.7 Å². The quantitative estimate of drug-likeness (QED) is 0.325. The van der Waals surface area contributed by atoms with Crippen molar-refractivity contribution in [2.45, 2.75) is 45.4 Å². The molecule has 0 spiro atoms. The lowest BCUT2D eigenvalue weighted by atomic mass is 10.1. The Hall–Kier alpha value is -3.65. The summed E-state index contributed by atoms with van der Waals surface area (Å²) >= 11 is 0. The normalized spacial score (nSPS) is 15.4. The van der Waals surface area contributed by atoms with E-state index in [1.165, 1.54) is 18.2 Å². The molecule has 0 amide bonds. The van der Waals surface area contributed by atoms with E-state index >= 15 is 0 Å². The van der Waals surface area contributed by atoms with Crippen LogP contribution in [-0.2, 0) is 16.0 Å². The Balaban J connectivity index is 1.77. The van der Waals surface area contributed by atoms with Gasteiger partial charge in [0.05, 0.1) is 32.4 Å². The number of anilines is 2. The minimum Gasteiger partial charge on any atom is -0.493 e. The van der Waals surface area contributed by atoms with E-state index in [4.69, 9.17) is 18.9 Å². The maximum absolute atomic E-state index is 14.7. The van der Waals surface area contributed by atoms with Gasteiger partial charge < -0.3 is 23.8 Å². The fourth-order valence-corrected chi connectivity index (χ4v) is 4.02. The highest BCUT2D eigenvalue weighted by molar-refractivity contribution is 5.91. The third kappa shape index (κ3) is 6.57. The molecule has 1 aliphatic heterocycles. The first-order chi connectivity index (χ1) is 17.6. The SMILES string of the molecule is COc1ccc(N(Cc2c(F)cccc2F)c2cccc(C(=O)OC(C)(C)C)c2)cc1O[C@@H]1CCOC1. The van der Waals surface area contributed by atoms with E-state index in [0.717, 1.165) is 6.42 Å². The zero-order chi connectivity index (χ0) is 26.6. The van der Waals surface area contributed by atoms with Crippen LogP contribution in [0, 0.1) is 11.6 Å². The van der Waals surface area contributed by atoms with Crippen molar-refractivity contribution in [2.24, 2.45) is 0 Å². The molecule has 0 N–H and O–H groups in total. The fraction of sp³-hybridized carbons (Fsp3) is 0.345. The average Bonchev–Trinajstić information content (AvgIpc) is 3.36. The Kier molecular flexibility index (Phi) is 7.97. The van der Waals surface area contributed by atoms with Crippen LogP contribution < -0.4 is 14.4 Å². The van der Waals surface area contributed by atoms with Gasteiger partial charge in [0.25, 0.3) is 0 Å². The van der Waals surface area contributed by atoms with Crippen molar-refractivity contribution >= 4 is 17.3 Å². The van der Waals surface area contributed by atoms with Gasteiger partial charge in [0.2, 0.25) is 0 Å². The number of methoxy groups -OCH3 is 1. The van der Waals surface area contributed by atoms with Crippen LogP contribution in [0.1, 0.15) is 43.1 Å². The van der Waals surface area contributed by atoms with Gasteiger partial charge >= 0.3 is 5.97 Å². The summed E-state index contributed by atoms with van der Waals surface area (Å²) in [6.07, 6.45) is 0.618. The predicted octanol–water partition coefficient (Wildman–Crippen LogP) is 6.43. The van der Waals surface area contributed by atoms with E-state index < -0.39 is 23.2 Å². The molecular weight excluding hydrogens is 480 g/mol. The molecule has 6 nitrogen and oxygen atoms in total. The number of ether oxygens (including phenoxy) is 4. The molecule has 4 rings (SSSR count). The summed E-state index contributed by atoms with van der Waals surface area (Å²) in [7, 11) is 1.55. The molecule has 196 valence electrons. The molecule has 3 aromatic carbocycles. The van der Waals surface area contributed by atoms with Crippen molar-refractivity contribution in [2.75, 3.05) is 25.2 Å². The lowest BCUT2D eigenvalue weighted by molar-refractivity contribution is 0.00695. The van der Waals surface area contributed by atoms with Crippen LogP contribution in [0.5, 0.6) is 11.5 Å². The molecule has 0 unspecified atom stereocenters. The first kappa shape index (κ1) is 26.4. The van der Waals surface area contributed by atoms with Crippen LogP contribution >= 0.6 is 0 Å². The summed E-state index contributed by atoms with van der Waals surface area (Å²) in [5.74, 6) is -0.817. The number of nitrogens with zero attached hydrogens (tertiary/aromatic N) is 1. The van der Waals surface area contributed by atoms with Gasteiger partial charge in [-0.15, -0.1) is 0 Å². The molecule has 0 aliphatic carbocycles. The number of hydrogen-bond acceptors (Lipinski definition) is 6. The Morgan fingerprint density at radius 1 is 1.00 bits per heavy atom. The van der Waals surface area contributed by atoms with Gasteiger partial charge in [0, 0.05) is 29.4 Å². The maximum atomic E-state index is 14.7. The summed E-state index contributed by atoms with van der Waals surface area (Å²) in [5.41, 5.74) is 0.687. The van der Waals surface area contributed by atoms with Gasteiger partial charge in [0.1, 0.15) is 23.3 Å². The predicted molar refractivity (Wildman–Crippen MR) is 137 cm³/mol.